The highest BCUT2D eigenvalue weighted by Gasteiger charge is 2.27. The van der Waals surface area contributed by atoms with Crippen LogP contribution in [0.3, 0.4) is 0 Å². The molecule has 1 N–H and O–H groups in total. The van der Waals surface area contributed by atoms with Gasteiger partial charge >= 0.3 is 0 Å². The number of ether oxygens (including phenoxy) is 1. The van der Waals surface area contributed by atoms with E-state index < -0.39 is 10.0 Å². The lowest BCUT2D eigenvalue weighted by Crippen LogP contribution is -2.42. The van der Waals surface area contributed by atoms with Crippen molar-refractivity contribution in [3.8, 4) is 5.75 Å². The molecule has 0 heterocycles. The topological polar surface area (TPSA) is 75.7 Å². The van der Waals surface area contributed by atoms with Crippen LogP contribution < -0.4 is 14.4 Å². The van der Waals surface area contributed by atoms with E-state index in [-0.39, 0.29) is 23.3 Å². The minimum absolute atomic E-state index is 0.109. The van der Waals surface area contributed by atoms with Gasteiger partial charge in [0.1, 0.15) is 12.3 Å². The van der Waals surface area contributed by atoms with Crippen molar-refractivity contribution in [3.63, 3.8) is 0 Å². The Morgan fingerprint density at radius 2 is 1.63 bits per heavy atom. The molecule has 0 radical (unpaired) electrons. The van der Waals surface area contributed by atoms with E-state index in [9.17, 15) is 13.2 Å². The van der Waals surface area contributed by atoms with Gasteiger partial charge < -0.3 is 10.1 Å². The van der Waals surface area contributed by atoms with Crippen LogP contribution in [0.1, 0.15) is 25.8 Å². The molecule has 0 aliphatic heterocycles. The summed E-state index contributed by atoms with van der Waals surface area (Å²) in [5.41, 5.74) is 1.60. The zero-order valence-electron chi connectivity index (χ0n) is 20.0. The Bertz CT molecular complexity index is 1180. The summed E-state index contributed by atoms with van der Waals surface area (Å²) in [7, 11) is -3.97. The number of benzene rings is 3. The Morgan fingerprint density at radius 1 is 0.971 bits per heavy atom. The molecule has 8 heteroatoms. The zero-order chi connectivity index (χ0) is 25.3. The van der Waals surface area contributed by atoms with E-state index in [1.54, 1.807) is 36.4 Å². The van der Waals surface area contributed by atoms with Crippen LogP contribution in [0.2, 0.25) is 0 Å². The summed E-state index contributed by atoms with van der Waals surface area (Å²) < 4.78 is 34.4. The Hall–Kier alpha value is -2.84. The van der Waals surface area contributed by atoms with E-state index >= 15 is 0 Å². The molecule has 0 saturated carbocycles. The third-order valence-electron chi connectivity index (χ3n) is 5.66. The number of nitrogens with zero attached hydrogens (tertiary/aromatic N) is 1. The smallest absolute Gasteiger partial charge is 0.264 e. The fourth-order valence-corrected chi connectivity index (χ4v) is 5.36. The molecule has 1 unspecified atom stereocenters. The number of carbonyl (C=O) groups is 1. The SMILES string of the molecule is CCOc1ccc(N(CC(=O)NCC(CC)Cc2ccccc2)S(=O)(=O)c2ccc(Br)cc2)cc1. The average Bonchev–Trinajstić information content (AvgIpc) is 2.86. The van der Waals surface area contributed by atoms with Gasteiger partial charge in [-0.15, -0.1) is 0 Å². The molecular weight excluding hydrogens is 528 g/mol. The summed E-state index contributed by atoms with van der Waals surface area (Å²) in [6, 6.07) is 23.2. The van der Waals surface area contributed by atoms with Crippen molar-refractivity contribution < 1.29 is 17.9 Å². The van der Waals surface area contributed by atoms with Crippen LogP contribution in [0.25, 0.3) is 0 Å². The molecule has 0 aliphatic carbocycles. The Balaban J connectivity index is 1.78. The summed E-state index contributed by atoms with van der Waals surface area (Å²) in [6.45, 7) is 4.62. The van der Waals surface area contributed by atoms with Crippen LogP contribution in [-0.4, -0.2) is 34.0 Å². The summed E-state index contributed by atoms with van der Waals surface area (Å²) >= 11 is 3.34. The second kappa shape index (κ2) is 12.7. The molecule has 1 atom stereocenters. The number of sulfonamides is 1. The van der Waals surface area contributed by atoms with Gasteiger partial charge in [-0.05, 0) is 73.4 Å². The number of amides is 1. The number of halogens is 1. The molecule has 0 aromatic heterocycles. The van der Waals surface area contributed by atoms with Gasteiger partial charge in [0, 0.05) is 11.0 Å². The van der Waals surface area contributed by atoms with Crippen molar-refractivity contribution in [1.29, 1.82) is 0 Å². The van der Waals surface area contributed by atoms with Gasteiger partial charge in [0.25, 0.3) is 10.0 Å². The van der Waals surface area contributed by atoms with Crippen LogP contribution >= 0.6 is 15.9 Å². The zero-order valence-corrected chi connectivity index (χ0v) is 22.4. The van der Waals surface area contributed by atoms with Crippen molar-refractivity contribution in [1.82, 2.24) is 5.32 Å². The number of rotatable bonds is 12. The largest absolute Gasteiger partial charge is 0.494 e. The highest BCUT2D eigenvalue weighted by molar-refractivity contribution is 9.10. The molecule has 0 spiro atoms. The molecule has 0 aliphatic rings. The van der Waals surface area contributed by atoms with Crippen molar-refractivity contribution in [2.75, 3.05) is 24.0 Å². The lowest BCUT2D eigenvalue weighted by molar-refractivity contribution is -0.119. The maximum atomic E-state index is 13.5. The summed E-state index contributed by atoms with van der Waals surface area (Å²) in [5.74, 6) is 0.530. The number of nitrogens with one attached hydrogen (secondary N) is 1. The van der Waals surface area contributed by atoms with E-state index in [0.29, 0.717) is 24.6 Å². The third-order valence-corrected chi connectivity index (χ3v) is 7.97. The monoisotopic (exact) mass is 558 g/mol. The minimum atomic E-state index is -3.97. The van der Waals surface area contributed by atoms with Crippen LogP contribution in [0, 0.1) is 5.92 Å². The predicted molar refractivity (Wildman–Crippen MR) is 143 cm³/mol. The first-order valence-electron chi connectivity index (χ1n) is 11.6. The number of hydrogen-bond acceptors (Lipinski definition) is 4. The molecule has 0 bridgehead atoms. The first kappa shape index (κ1) is 26.8. The van der Waals surface area contributed by atoms with Gasteiger partial charge in [-0.3, -0.25) is 9.10 Å². The Labute approximate surface area is 216 Å². The van der Waals surface area contributed by atoms with Crippen molar-refractivity contribution in [2.24, 2.45) is 5.92 Å². The molecule has 0 saturated heterocycles. The quantitative estimate of drug-likeness (QED) is 0.321. The number of carbonyl (C=O) groups excluding carboxylic acids is 1. The van der Waals surface area contributed by atoms with Crippen molar-refractivity contribution >= 4 is 37.5 Å². The van der Waals surface area contributed by atoms with Crippen molar-refractivity contribution in [3.05, 3.63) is 88.9 Å². The molecule has 1 amide bonds. The lowest BCUT2D eigenvalue weighted by atomic mass is 9.97. The molecular formula is C27H31BrN2O4S. The van der Waals surface area contributed by atoms with E-state index in [2.05, 4.69) is 40.3 Å². The van der Waals surface area contributed by atoms with Gasteiger partial charge in [0.15, 0.2) is 0 Å². The maximum Gasteiger partial charge on any atom is 0.264 e. The highest BCUT2D eigenvalue weighted by Crippen LogP contribution is 2.26. The standard InChI is InChI=1S/C27H31BrN2O4S/c1-3-21(18-22-8-6-5-7-9-22)19-29-27(31)20-30(24-12-14-25(15-13-24)34-4-2)35(32,33)26-16-10-23(28)11-17-26/h5-17,21H,3-4,18-20H2,1-2H3,(H,29,31). The molecule has 35 heavy (non-hydrogen) atoms. The lowest BCUT2D eigenvalue weighted by Gasteiger charge is -2.25. The summed E-state index contributed by atoms with van der Waals surface area (Å²) in [4.78, 5) is 13.1. The second-order valence-corrected chi connectivity index (χ2v) is 10.9. The number of anilines is 1. The van der Waals surface area contributed by atoms with Gasteiger partial charge in [-0.25, -0.2) is 8.42 Å². The summed E-state index contributed by atoms with van der Waals surface area (Å²) in [5, 5.41) is 2.94. The molecule has 3 aromatic rings. The highest BCUT2D eigenvalue weighted by atomic mass is 79.9. The first-order valence-corrected chi connectivity index (χ1v) is 13.9. The Morgan fingerprint density at radius 3 is 2.23 bits per heavy atom. The van der Waals surface area contributed by atoms with E-state index in [4.69, 9.17) is 4.74 Å². The minimum Gasteiger partial charge on any atom is -0.494 e. The van der Waals surface area contributed by atoms with E-state index in [1.165, 1.54) is 17.7 Å². The molecule has 186 valence electrons. The summed E-state index contributed by atoms with van der Waals surface area (Å²) in [6.07, 6.45) is 1.74. The predicted octanol–water partition coefficient (Wildman–Crippen LogP) is 5.43. The fourth-order valence-electron chi connectivity index (χ4n) is 3.68. The second-order valence-electron chi connectivity index (χ2n) is 8.16. The van der Waals surface area contributed by atoms with Crippen LogP contribution in [0.15, 0.2) is 88.2 Å². The maximum absolute atomic E-state index is 13.5. The fraction of sp³-hybridized carbons (Fsp3) is 0.296. The normalized spacial score (nSPS) is 12.1. The third kappa shape index (κ3) is 7.57. The first-order chi connectivity index (χ1) is 16.8. The van der Waals surface area contributed by atoms with Crippen LogP contribution in [0.5, 0.6) is 5.75 Å². The van der Waals surface area contributed by atoms with Gasteiger partial charge in [-0.2, -0.15) is 0 Å². The van der Waals surface area contributed by atoms with Gasteiger partial charge in [0.05, 0.1) is 17.2 Å². The van der Waals surface area contributed by atoms with Crippen LogP contribution in [0.4, 0.5) is 5.69 Å². The van der Waals surface area contributed by atoms with E-state index in [1.807, 2.05) is 25.1 Å². The average molecular weight is 560 g/mol. The molecule has 0 fully saturated rings. The van der Waals surface area contributed by atoms with Gasteiger partial charge in [0.2, 0.25) is 5.91 Å². The van der Waals surface area contributed by atoms with Crippen molar-refractivity contribution in [2.45, 2.75) is 31.6 Å². The molecule has 3 rings (SSSR count). The number of hydrogen-bond donors (Lipinski definition) is 1. The molecule has 6 nitrogen and oxygen atoms in total. The van der Waals surface area contributed by atoms with Gasteiger partial charge in [-0.1, -0.05) is 59.6 Å². The molecule has 3 aromatic carbocycles. The van der Waals surface area contributed by atoms with E-state index in [0.717, 1.165) is 21.6 Å². The Kier molecular flexibility index (Phi) is 9.74. The van der Waals surface area contributed by atoms with Crippen LogP contribution in [-0.2, 0) is 21.2 Å².